The molecular weight excluding hydrogens is 330 g/mol. The molecule has 0 radical (unpaired) electrons. The summed E-state index contributed by atoms with van der Waals surface area (Å²) in [7, 11) is 0. The molecule has 7 heteroatoms. The molecule has 2 N–H and O–H groups in total. The number of rotatable bonds is 4. The number of amides is 2. The number of aromatic nitrogens is 2. The van der Waals surface area contributed by atoms with Gasteiger partial charge < -0.3 is 20.1 Å². The zero-order valence-corrected chi connectivity index (χ0v) is 14.9. The van der Waals surface area contributed by atoms with Gasteiger partial charge in [0.05, 0.1) is 17.4 Å². The van der Waals surface area contributed by atoms with E-state index in [9.17, 15) is 9.59 Å². The number of likely N-dealkylation sites (tertiary alicyclic amines) is 2. The average Bonchev–Trinajstić information content (AvgIpc) is 3.07. The van der Waals surface area contributed by atoms with E-state index in [1.807, 2.05) is 38.6 Å². The van der Waals surface area contributed by atoms with Crippen LogP contribution in [0.4, 0.5) is 0 Å². The topological polar surface area (TPSA) is 84.5 Å². The molecule has 2 aliphatic rings. The molecule has 2 aliphatic heterocycles. The van der Waals surface area contributed by atoms with E-state index in [0.717, 1.165) is 30.4 Å². The number of benzene rings is 1. The summed E-state index contributed by atoms with van der Waals surface area (Å²) in [5.41, 5.74) is 7.56. The molecule has 26 heavy (non-hydrogen) atoms. The van der Waals surface area contributed by atoms with Gasteiger partial charge in [0, 0.05) is 38.6 Å². The number of nitrogens with two attached hydrogens (primary N) is 1. The lowest BCUT2D eigenvalue weighted by Gasteiger charge is -2.47. The Bertz CT molecular complexity index is 817. The first-order valence-corrected chi connectivity index (χ1v) is 9.34. The molecule has 0 aliphatic carbocycles. The van der Waals surface area contributed by atoms with Gasteiger partial charge in [0.25, 0.3) is 0 Å². The van der Waals surface area contributed by atoms with Gasteiger partial charge in [-0.25, -0.2) is 4.98 Å². The minimum atomic E-state index is 0.119. The van der Waals surface area contributed by atoms with Crippen LogP contribution >= 0.6 is 0 Å². The molecule has 2 fully saturated rings. The first kappa shape index (κ1) is 17.0. The first-order valence-electron chi connectivity index (χ1n) is 9.34. The molecule has 2 aromatic rings. The van der Waals surface area contributed by atoms with Gasteiger partial charge in [0.1, 0.15) is 6.54 Å². The number of para-hydroxylation sites is 2. The number of hydrogen-bond acceptors (Lipinski definition) is 4. The number of carbonyl (C=O) groups excluding carboxylic acids is 2. The minimum absolute atomic E-state index is 0.119. The van der Waals surface area contributed by atoms with Crippen molar-refractivity contribution in [1.82, 2.24) is 19.4 Å². The van der Waals surface area contributed by atoms with Crippen molar-refractivity contribution in [1.29, 1.82) is 0 Å². The fourth-order valence-corrected chi connectivity index (χ4v) is 4.39. The average molecular weight is 355 g/mol. The molecule has 7 nitrogen and oxygen atoms in total. The van der Waals surface area contributed by atoms with Crippen LogP contribution in [0.15, 0.2) is 30.6 Å². The number of nitrogens with zero attached hydrogens (tertiary/aromatic N) is 4. The second kappa shape index (κ2) is 7.07. The van der Waals surface area contributed by atoms with E-state index in [1.165, 1.54) is 0 Å². The summed E-state index contributed by atoms with van der Waals surface area (Å²) >= 11 is 0. The van der Waals surface area contributed by atoms with Crippen LogP contribution in [-0.4, -0.2) is 63.4 Å². The highest BCUT2D eigenvalue weighted by atomic mass is 16.2. The van der Waals surface area contributed by atoms with Gasteiger partial charge in [0.2, 0.25) is 11.8 Å². The van der Waals surface area contributed by atoms with E-state index in [0.29, 0.717) is 38.5 Å². The Kier molecular flexibility index (Phi) is 4.63. The largest absolute Gasteiger partial charge is 0.341 e. The van der Waals surface area contributed by atoms with Gasteiger partial charge in [-0.15, -0.1) is 0 Å². The molecular formula is C19H25N5O2. The lowest BCUT2D eigenvalue weighted by atomic mass is 9.83. The smallest absolute Gasteiger partial charge is 0.242 e. The molecule has 1 aromatic heterocycles. The predicted molar refractivity (Wildman–Crippen MR) is 98.2 cm³/mol. The standard InChI is InChI=1S/C19H25N5O2/c20-8-10-24-16-7-9-22(11-14(16)5-6-18(24)25)19(26)12-23-13-21-15-3-1-2-4-17(15)23/h1-4,13-14,16H,5-12,20H2/t14-,16+/m0/s1. The Morgan fingerprint density at radius 3 is 2.96 bits per heavy atom. The summed E-state index contributed by atoms with van der Waals surface area (Å²) in [6, 6.07) is 8.08. The maximum Gasteiger partial charge on any atom is 0.242 e. The highest BCUT2D eigenvalue weighted by molar-refractivity contribution is 5.81. The van der Waals surface area contributed by atoms with E-state index < -0.39 is 0 Å². The van der Waals surface area contributed by atoms with Crippen LogP contribution in [0, 0.1) is 5.92 Å². The van der Waals surface area contributed by atoms with Gasteiger partial charge in [-0.2, -0.15) is 0 Å². The summed E-state index contributed by atoms with van der Waals surface area (Å²) in [5.74, 6) is 0.687. The highest BCUT2D eigenvalue weighted by Crippen LogP contribution is 2.31. The van der Waals surface area contributed by atoms with Crippen molar-refractivity contribution in [3.05, 3.63) is 30.6 Å². The molecule has 3 heterocycles. The number of imidazole rings is 1. The third-order valence-electron chi connectivity index (χ3n) is 5.70. The zero-order valence-electron chi connectivity index (χ0n) is 14.9. The van der Waals surface area contributed by atoms with Crippen molar-refractivity contribution >= 4 is 22.8 Å². The van der Waals surface area contributed by atoms with Crippen molar-refractivity contribution in [2.24, 2.45) is 11.7 Å². The summed E-state index contributed by atoms with van der Waals surface area (Å²) < 4.78 is 1.91. The molecule has 138 valence electrons. The zero-order chi connectivity index (χ0) is 18.1. The quantitative estimate of drug-likeness (QED) is 0.881. The van der Waals surface area contributed by atoms with Crippen LogP contribution in [0.2, 0.25) is 0 Å². The van der Waals surface area contributed by atoms with E-state index in [-0.39, 0.29) is 17.9 Å². The lowest BCUT2D eigenvalue weighted by molar-refractivity contribution is -0.144. The van der Waals surface area contributed by atoms with E-state index in [4.69, 9.17) is 5.73 Å². The van der Waals surface area contributed by atoms with E-state index in [1.54, 1.807) is 6.33 Å². The number of fused-ring (bicyclic) bond motifs is 2. The third-order valence-corrected chi connectivity index (χ3v) is 5.70. The molecule has 1 aromatic carbocycles. The monoisotopic (exact) mass is 355 g/mol. The van der Waals surface area contributed by atoms with Gasteiger partial charge >= 0.3 is 0 Å². The maximum atomic E-state index is 12.8. The fourth-order valence-electron chi connectivity index (χ4n) is 4.39. The third kappa shape index (κ3) is 3.07. The highest BCUT2D eigenvalue weighted by Gasteiger charge is 2.39. The van der Waals surface area contributed by atoms with Crippen molar-refractivity contribution in [2.45, 2.75) is 31.8 Å². The Balaban J connectivity index is 1.43. The minimum Gasteiger partial charge on any atom is -0.341 e. The van der Waals surface area contributed by atoms with Gasteiger partial charge in [-0.1, -0.05) is 12.1 Å². The van der Waals surface area contributed by atoms with Crippen LogP contribution in [0.1, 0.15) is 19.3 Å². The fraction of sp³-hybridized carbons (Fsp3) is 0.526. The van der Waals surface area contributed by atoms with Crippen LogP contribution in [-0.2, 0) is 16.1 Å². The Morgan fingerprint density at radius 2 is 2.12 bits per heavy atom. The summed E-state index contributed by atoms with van der Waals surface area (Å²) in [5, 5.41) is 0. The molecule has 2 saturated heterocycles. The van der Waals surface area contributed by atoms with Crippen LogP contribution in [0.3, 0.4) is 0 Å². The molecule has 4 rings (SSSR count). The Morgan fingerprint density at radius 1 is 1.27 bits per heavy atom. The van der Waals surface area contributed by atoms with Gasteiger partial charge in [0.15, 0.2) is 0 Å². The number of hydrogen-bond donors (Lipinski definition) is 1. The number of carbonyl (C=O) groups is 2. The SMILES string of the molecule is NCCN1C(=O)CC[C@H]2CN(C(=O)Cn3cnc4ccccc43)CC[C@H]21. The second-order valence-electron chi connectivity index (χ2n) is 7.23. The summed E-state index contributed by atoms with van der Waals surface area (Å²) in [6.07, 6.45) is 4.00. The first-order chi connectivity index (χ1) is 12.7. The van der Waals surface area contributed by atoms with Crippen molar-refractivity contribution in [3.8, 4) is 0 Å². The Labute approximate surface area is 152 Å². The van der Waals surface area contributed by atoms with Crippen molar-refractivity contribution in [3.63, 3.8) is 0 Å². The van der Waals surface area contributed by atoms with Gasteiger partial charge in [-0.3, -0.25) is 9.59 Å². The second-order valence-corrected chi connectivity index (χ2v) is 7.23. The van der Waals surface area contributed by atoms with Gasteiger partial charge in [-0.05, 0) is 30.9 Å². The molecule has 0 spiro atoms. The normalized spacial score (nSPS) is 23.3. The summed E-state index contributed by atoms with van der Waals surface area (Å²) in [6.45, 7) is 2.84. The van der Waals surface area contributed by atoms with Crippen molar-refractivity contribution < 1.29 is 9.59 Å². The van der Waals surface area contributed by atoms with E-state index in [2.05, 4.69) is 4.98 Å². The molecule has 2 amide bonds. The predicted octanol–water partition coefficient (Wildman–Crippen LogP) is 0.835. The maximum absolute atomic E-state index is 12.8. The van der Waals surface area contributed by atoms with Crippen LogP contribution < -0.4 is 5.73 Å². The summed E-state index contributed by atoms with van der Waals surface area (Å²) in [4.78, 5) is 33.3. The van der Waals surface area contributed by atoms with E-state index >= 15 is 0 Å². The number of piperidine rings is 2. The van der Waals surface area contributed by atoms with Crippen molar-refractivity contribution in [2.75, 3.05) is 26.2 Å². The van der Waals surface area contributed by atoms with Crippen LogP contribution in [0.5, 0.6) is 0 Å². The molecule has 0 unspecified atom stereocenters. The lowest BCUT2D eigenvalue weighted by Crippen LogP contribution is -2.58. The molecule has 2 atom stereocenters. The van der Waals surface area contributed by atoms with Crippen LogP contribution in [0.25, 0.3) is 11.0 Å². The molecule has 0 saturated carbocycles. The Hall–Kier alpha value is -2.41. The molecule has 0 bridgehead atoms.